The average Bonchev–Trinajstić information content (AvgIpc) is 2.70. The minimum atomic E-state index is 0.770. The van der Waals surface area contributed by atoms with Gasteiger partial charge in [-0.2, -0.15) is 11.3 Å². The van der Waals surface area contributed by atoms with Crippen molar-refractivity contribution in [2.24, 2.45) is 5.92 Å². The zero-order valence-electron chi connectivity index (χ0n) is 8.83. The highest BCUT2D eigenvalue weighted by atomic mass is 32.1. The topological polar surface area (TPSA) is 12.0 Å². The normalized spacial score (nSPS) is 27.8. The predicted molar refractivity (Wildman–Crippen MR) is 62.6 cm³/mol. The molecule has 1 aliphatic carbocycles. The van der Waals surface area contributed by atoms with Crippen molar-refractivity contribution in [2.45, 2.75) is 45.2 Å². The molecule has 1 heterocycles. The van der Waals surface area contributed by atoms with Crippen LogP contribution in [0.15, 0.2) is 16.8 Å². The minimum Gasteiger partial charge on any atom is -0.310 e. The molecule has 0 saturated heterocycles. The molecule has 1 nitrogen and oxygen atoms in total. The van der Waals surface area contributed by atoms with E-state index in [-0.39, 0.29) is 0 Å². The molecule has 2 rings (SSSR count). The first-order chi connectivity index (χ1) is 6.84. The Kier molecular flexibility index (Phi) is 3.60. The molecule has 0 bridgehead atoms. The molecular weight excluding hydrogens is 190 g/mol. The molecule has 1 aromatic heterocycles. The molecule has 1 saturated carbocycles. The van der Waals surface area contributed by atoms with Crippen LogP contribution in [-0.4, -0.2) is 6.04 Å². The van der Waals surface area contributed by atoms with Crippen molar-refractivity contribution in [1.82, 2.24) is 5.32 Å². The van der Waals surface area contributed by atoms with E-state index in [0.29, 0.717) is 0 Å². The molecule has 0 atom stereocenters. The lowest BCUT2D eigenvalue weighted by Gasteiger charge is -2.26. The fraction of sp³-hybridized carbons (Fsp3) is 0.667. The van der Waals surface area contributed by atoms with Crippen molar-refractivity contribution in [2.75, 3.05) is 0 Å². The van der Waals surface area contributed by atoms with Gasteiger partial charge in [-0.15, -0.1) is 0 Å². The Morgan fingerprint density at radius 2 is 2.14 bits per heavy atom. The summed E-state index contributed by atoms with van der Waals surface area (Å²) in [6.07, 6.45) is 5.54. The maximum absolute atomic E-state index is 3.65. The van der Waals surface area contributed by atoms with Crippen molar-refractivity contribution in [1.29, 1.82) is 0 Å². The van der Waals surface area contributed by atoms with Crippen LogP contribution in [0.1, 0.15) is 38.2 Å². The largest absolute Gasteiger partial charge is 0.310 e. The van der Waals surface area contributed by atoms with Gasteiger partial charge in [-0.05, 0) is 54.0 Å². The molecule has 1 N–H and O–H groups in total. The summed E-state index contributed by atoms with van der Waals surface area (Å²) in [5.41, 5.74) is 1.44. The quantitative estimate of drug-likeness (QED) is 0.804. The summed E-state index contributed by atoms with van der Waals surface area (Å²) in [4.78, 5) is 0. The summed E-state index contributed by atoms with van der Waals surface area (Å²) in [5, 5.41) is 8.04. The first-order valence-electron chi connectivity index (χ1n) is 5.59. The van der Waals surface area contributed by atoms with Gasteiger partial charge >= 0.3 is 0 Å². The molecule has 78 valence electrons. The van der Waals surface area contributed by atoms with Crippen LogP contribution in [-0.2, 0) is 6.54 Å². The van der Waals surface area contributed by atoms with Crippen molar-refractivity contribution in [3.8, 4) is 0 Å². The van der Waals surface area contributed by atoms with Gasteiger partial charge in [-0.25, -0.2) is 0 Å². The second-order valence-electron chi connectivity index (χ2n) is 4.47. The van der Waals surface area contributed by atoms with E-state index < -0.39 is 0 Å². The fourth-order valence-electron chi connectivity index (χ4n) is 2.12. The van der Waals surface area contributed by atoms with E-state index in [4.69, 9.17) is 0 Å². The Hall–Kier alpha value is -0.340. The second kappa shape index (κ2) is 4.94. The van der Waals surface area contributed by atoms with Crippen molar-refractivity contribution >= 4 is 11.3 Å². The highest BCUT2D eigenvalue weighted by Gasteiger charge is 2.17. The minimum absolute atomic E-state index is 0.770. The van der Waals surface area contributed by atoms with Gasteiger partial charge in [-0.3, -0.25) is 0 Å². The van der Waals surface area contributed by atoms with E-state index in [1.54, 1.807) is 11.3 Å². The van der Waals surface area contributed by atoms with Crippen LogP contribution in [0.2, 0.25) is 0 Å². The van der Waals surface area contributed by atoms with Crippen LogP contribution in [0.25, 0.3) is 0 Å². The third kappa shape index (κ3) is 2.82. The Morgan fingerprint density at radius 1 is 1.36 bits per heavy atom. The molecule has 0 aromatic carbocycles. The van der Waals surface area contributed by atoms with Crippen molar-refractivity contribution < 1.29 is 0 Å². The lowest BCUT2D eigenvalue weighted by atomic mass is 9.87. The lowest BCUT2D eigenvalue weighted by molar-refractivity contribution is 0.306. The van der Waals surface area contributed by atoms with Crippen LogP contribution in [0.4, 0.5) is 0 Å². The van der Waals surface area contributed by atoms with Gasteiger partial charge in [0.05, 0.1) is 0 Å². The number of rotatable bonds is 3. The molecular formula is C12H19NS. The highest BCUT2D eigenvalue weighted by Crippen LogP contribution is 2.23. The monoisotopic (exact) mass is 209 g/mol. The van der Waals surface area contributed by atoms with Crippen LogP contribution >= 0.6 is 11.3 Å². The summed E-state index contributed by atoms with van der Waals surface area (Å²) < 4.78 is 0. The Balaban J connectivity index is 1.71. The van der Waals surface area contributed by atoms with E-state index in [0.717, 1.165) is 18.5 Å². The number of thiophene rings is 1. The van der Waals surface area contributed by atoms with Gasteiger partial charge in [0.2, 0.25) is 0 Å². The van der Waals surface area contributed by atoms with Gasteiger partial charge in [-0.1, -0.05) is 6.92 Å². The molecule has 0 radical (unpaired) electrons. The van der Waals surface area contributed by atoms with Crippen LogP contribution < -0.4 is 5.32 Å². The first-order valence-corrected chi connectivity index (χ1v) is 6.53. The van der Waals surface area contributed by atoms with E-state index >= 15 is 0 Å². The van der Waals surface area contributed by atoms with E-state index in [9.17, 15) is 0 Å². The van der Waals surface area contributed by atoms with Crippen LogP contribution in [0.3, 0.4) is 0 Å². The third-order valence-corrected chi connectivity index (χ3v) is 3.92. The Morgan fingerprint density at radius 3 is 2.79 bits per heavy atom. The maximum atomic E-state index is 3.65. The summed E-state index contributed by atoms with van der Waals surface area (Å²) in [6, 6.07) is 2.98. The van der Waals surface area contributed by atoms with Crippen molar-refractivity contribution in [3.05, 3.63) is 22.4 Å². The van der Waals surface area contributed by atoms with Crippen molar-refractivity contribution in [3.63, 3.8) is 0 Å². The van der Waals surface area contributed by atoms with Gasteiger partial charge in [0.25, 0.3) is 0 Å². The van der Waals surface area contributed by atoms with Crippen LogP contribution in [0, 0.1) is 5.92 Å². The molecule has 1 fully saturated rings. The van der Waals surface area contributed by atoms with Gasteiger partial charge in [0.1, 0.15) is 0 Å². The van der Waals surface area contributed by atoms with Gasteiger partial charge in [0.15, 0.2) is 0 Å². The standard InChI is InChI=1S/C12H19NS/c1-10-2-4-12(5-3-10)13-8-11-6-7-14-9-11/h6-7,9-10,12-13H,2-5,8H2,1H3. The maximum Gasteiger partial charge on any atom is 0.0216 e. The summed E-state index contributed by atoms with van der Waals surface area (Å²) >= 11 is 1.79. The average molecular weight is 209 g/mol. The molecule has 0 spiro atoms. The third-order valence-electron chi connectivity index (χ3n) is 3.19. The molecule has 2 heteroatoms. The van der Waals surface area contributed by atoms with Crippen LogP contribution in [0.5, 0.6) is 0 Å². The molecule has 0 amide bonds. The summed E-state index contributed by atoms with van der Waals surface area (Å²) in [5.74, 6) is 0.953. The van der Waals surface area contributed by atoms with E-state index in [2.05, 4.69) is 29.1 Å². The zero-order valence-corrected chi connectivity index (χ0v) is 9.65. The van der Waals surface area contributed by atoms with Gasteiger partial charge in [0, 0.05) is 12.6 Å². The number of nitrogens with one attached hydrogen (secondary N) is 1. The SMILES string of the molecule is CC1CCC(NCc2ccsc2)CC1. The Labute approximate surface area is 90.5 Å². The summed E-state index contributed by atoms with van der Waals surface area (Å²) in [7, 11) is 0. The van der Waals surface area contributed by atoms with Gasteiger partial charge < -0.3 is 5.32 Å². The fourth-order valence-corrected chi connectivity index (χ4v) is 2.79. The molecule has 1 aliphatic rings. The molecule has 0 aliphatic heterocycles. The number of hydrogen-bond acceptors (Lipinski definition) is 2. The smallest absolute Gasteiger partial charge is 0.0216 e. The van der Waals surface area contributed by atoms with E-state index in [1.165, 1.54) is 31.2 Å². The second-order valence-corrected chi connectivity index (χ2v) is 5.25. The first kappa shape index (κ1) is 10.2. The van der Waals surface area contributed by atoms with E-state index in [1.807, 2.05) is 0 Å². The number of hydrogen-bond donors (Lipinski definition) is 1. The molecule has 0 unspecified atom stereocenters. The predicted octanol–water partition coefficient (Wildman–Crippen LogP) is 3.42. The Bertz CT molecular complexity index is 247. The highest BCUT2D eigenvalue weighted by molar-refractivity contribution is 7.07. The zero-order chi connectivity index (χ0) is 9.80. The molecule has 14 heavy (non-hydrogen) atoms. The molecule has 1 aromatic rings. The summed E-state index contributed by atoms with van der Waals surface area (Å²) in [6.45, 7) is 3.43. The lowest BCUT2D eigenvalue weighted by Crippen LogP contribution is -2.32.